The van der Waals surface area contributed by atoms with Crippen LogP contribution in [-0.4, -0.2) is 49.2 Å². The van der Waals surface area contributed by atoms with Crippen molar-refractivity contribution in [1.82, 2.24) is 29.7 Å². The maximum absolute atomic E-state index is 13.3. The number of hydrogen-bond acceptors (Lipinski definition) is 4. The molecule has 10 heteroatoms. The van der Waals surface area contributed by atoms with Crippen molar-refractivity contribution in [3.8, 4) is 16.9 Å². The van der Waals surface area contributed by atoms with Crippen molar-refractivity contribution in [2.45, 2.75) is 19.0 Å². The number of amides is 1. The molecule has 0 fully saturated rings. The molecule has 0 spiro atoms. The second kappa shape index (κ2) is 9.50. The van der Waals surface area contributed by atoms with Gasteiger partial charge >= 0.3 is 6.18 Å². The molecule has 2 aromatic carbocycles. The first-order valence-electron chi connectivity index (χ1n) is 10.7. The zero-order chi connectivity index (χ0) is 24.3. The fourth-order valence-electron chi connectivity index (χ4n) is 3.72. The zero-order valence-corrected chi connectivity index (χ0v) is 18.7. The molecule has 7 nitrogen and oxygen atoms in total. The molecule has 0 saturated carbocycles. The smallest absolute Gasteiger partial charge is 0.340 e. The molecule has 1 amide bonds. The van der Waals surface area contributed by atoms with Gasteiger partial charge in [0.25, 0.3) is 5.91 Å². The second-order valence-electron chi connectivity index (χ2n) is 7.90. The molecule has 0 bridgehead atoms. The average molecular weight is 468 g/mol. The van der Waals surface area contributed by atoms with Crippen molar-refractivity contribution < 1.29 is 18.0 Å². The van der Waals surface area contributed by atoms with Crippen molar-refractivity contribution in [3.05, 3.63) is 83.8 Å². The molecule has 34 heavy (non-hydrogen) atoms. The first kappa shape index (κ1) is 23.2. The Morgan fingerprint density at radius 2 is 1.76 bits per heavy atom. The predicted molar refractivity (Wildman–Crippen MR) is 120 cm³/mol. The molecule has 0 radical (unpaired) electrons. The minimum Gasteiger partial charge on any atom is -0.340 e. The number of carbonyl (C=O) groups excluding carboxylic acids is 1. The molecule has 0 saturated heterocycles. The standard InChI is InChI=1S/C24H23F3N6O/c1-31(14-8-11-18-15-22(32(2)29-18)17-9-4-3-5-10-17)23(34)20-16-33(30-28-20)21-13-7-6-12-19(21)24(25,26)27/h3-7,9-10,12-13,15-16H,8,11,14H2,1-2H3. The van der Waals surface area contributed by atoms with Gasteiger partial charge in [0.05, 0.1) is 28.8 Å². The third-order valence-electron chi connectivity index (χ3n) is 5.44. The number of para-hydroxylation sites is 1. The number of benzene rings is 2. The summed E-state index contributed by atoms with van der Waals surface area (Å²) >= 11 is 0. The molecule has 0 N–H and O–H groups in total. The highest BCUT2D eigenvalue weighted by Gasteiger charge is 2.34. The summed E-state index contributed by atoms with van der Waals surface area (Å²) in [6.45, 7) is 0.433. The van der Waals surface area contributed by atoms with Crippen LogP contribution in [0.15, 0.2) is 66.9 Å². The third-order valence-corrected chi connectivity index (χ3v) is 5.44. The monoisotopic (exact) mass is 468 g/mol. The Morgan fingerprint density at radius 3 is 2.50 bits per heavy atom. The Labute approximate surface area is 194 Å². The first-order chi connectivity index (χ1) is 16.2. The molecule has 0 aliphatic carbocycles. The van der Waals surface area contributed by atoms with Gasteiger partial charge in [-0.15, -0.1) is 5.10 Å². The highest BCUT2D eigenvalue weighted by Crippen LogP contribution is 2.33. The molecule has 4 aromatic rings. The molecule has 2 heterocycles. The molecule has 0 aliphatic heterocycles. The normalized spacial score (nSPS) is 11.6. The lowest BCUT2D eigenvalue weighted by Gasteiger charge is -2.15. The summed E-state index contributed by atoms with van der Waals surface area (Å²) in [6, 6.07) is 17.0. The van der Waals surface area contributed by atoms with Crippen molar-refractivity contribution in [2.24, 2.45) is 7.05 Å². The van der Waals surface area contributed by atoms with Gasteiger partial charge in [-0.05, 0) is 36.6 Å². The number of aryl methyl sites for hydroxylation is 2. The first-order valence-corrected chi connectivity index (χ1v) is 10.7. The second-order valence-corrected chi connectivity index (χ2v) is 7.90. The van der Waals surface area contributed by atoms with E-state index in [0.29, 0.717) is 19.4 Å². The maximum atomic E-state index is 13.3. The summed E-state index contributed by atoms with van der Waals surface area (Å²) in [6.07, 6.45) is -1.99. The van der Waals surface area contributed by atoms with E-state index in [1.54, 1.807) is 7.05 Å². The highest BCUT2D eigenvalue weighted by atomic mass is 19.4. The maximum Gasteiger partial charge on any atom is 0.418 e. The van der Waals surface area contributed by atoms with Gasteiger partial charge in [-0.3, -0.25) is 9.48 Å². The summed E-state index contributed by atoms with van der Waals surface area (Å²) in [4.78, 5) is 14.2. The number of alkyl halides is 3. The van der Waals surface area contributed by atoms with Crippen LogP contribution >= 0.6 is 0 Å². The Bertz CT molecular complexity index is 1280. The Hall–Kier alpha value is -3.95. The zero-order valence-electron chi connectivity index (χ0n) is 18.7. The molecule has 0 aliphatic rings. The summed E-state index contributed by atoms with van der Waals surface area (Å²) in [5, 5.41) is 12.1. The van der Waals surface area contributed by atoms with Crippen LogP contribution < -0.4 is 0 Å². The molecule has 2 aromatic heterocycles. The van der Waals surface area contributed by atoms with E-state index < -0.39 is 17.6 Å². The summed E-state index contributed by atoms with van der Waals surface area (Å²) in [5.41, 5.74) is 1.94. The van der Waals surface area contributed by atoms with Crippen molar-refractivity contribution in [3.63, 3.8) is 0 Å². The van der Waals surface area contributed by atoms with Gasteiger partial charge in [0.15, 0.2) is 5.69 Å². The molecule has 176 valence electrons. The van der Waals surface area contributed by atoms with Crippen molar-refractivity contribution in [2.75, 3.05) is 13.6 Å². The van der Waals surface area contributed by atoms with Crippen molar-refractivity contribution in [1.29, 1.82) is 0 Å². The minimum atomic E-state index is -4.55. The van der Waals surface area contributed by atoms with Gasteiger partial charge in [-0.2, -0.15) is 18.3 Å². The molecular formula is C24H23F3N6O. The van der Waals surface area contributed by atoms with Gasteiger partial charge in [0, 0.05) is 20.6 Å². The largest absolute Gasteiger partial charge is 0.418 e. The predicted octanol–water partition coefficient (Wildman–Crippen LogP) is 4.39. The summed E-state index contributed by atoms with van der Waals surface area (Å²) < 4.78 is 42.7. The fourth-order valence-corrected chi connectivity index (χ4v) is 3.72. The molecule has 0 atom stereocenters. The van der Waals surface area contributed by atoms with Crippen LogP contribution in [-0.2, 0) is 19.6 Å². The number of carbonyl (C=O) groups is 1. The van der Waals surface area contributed by atoms with E-state index in [1.807, 2.05) is 48.1 Å². The minimum absolute atomic E-state index is 0.0244. The van der Waals surface area contributed by atoms with E-state index >= 15 is 0 Å². The van der Waals surface area contributed by atoms with E-state index in [4.69, 9.17) is 0 Å². The number of hydrogen-bond donors (Lipinski definition) is 0. The highest BCUT2D eigenvalue weighted by molar-refractivity contribution is 5.91. The van der Waals surface area contributed by atoms with Crippen LogP contribution in [0.4, 0.5) is 13.2 Å². The van der Waals surface area contributed by atoms with Gasteiger partial charge in [0.1, 0.15) is 0 Å². The number of nitrogens with zero attached hydrogens (tertiary/aromatic N) is 6. The van der Waals surface area contributed by atoms with Crippen LogP contribution in [0, 0.1) is 0 Å². The van der Waals surface area contributed by atoms with Gasteiger partial charge in [0.2, 0.25) is 0 Å². The lowest BCUT2D eigenvalue weighted by molar-refractivity contribution is -0.137. The average Bonchev–Trinajstić information content (AvgIpc) is 3.45. The van der Waals surface area contributed by atoms with Crippen LogP contribution in [0.2, 0.25) is 0 Å². The molecule has 0 unspecified atom stereocenters. The lowest BCUT2D eigenvalue weighted by atomic mass is 10.1. The van der Waals surface area contributed by atoms with Gasteiger partial charge in [-0.25, -0.2) is 4.68 Å². The van der Waals surface area contributed by atoms with Gasteiger partial charge < -0.3 is 4.90 Å². The topological polar surface area (TPSA) is 68.8 Å². The summed E-state index contributed by atoms with van der Waals surface area (Å²) in [5.74, 6) is -0.415. The lowest BCUT2D eigenvalue weighted by Crippen LogP contribution is -2.28. The molecule has 4 rings (SSSR count). The Kier molecular flexibility index (Phi) is 6.49. The van der Waals surface area contributed by atoms with Crippen LogP contribution in [0.3, 0.4) is 0 Å². The van der Waals surface area contributed by atoms with Crippen LogP contribution in [0.25, 0.3) is 16.9 Å². The van der Waals surface area contributed by atoms with E-state index in [9.17, 15) is 18.0 Å². The Morgan fingerprint density at radius 1 is 1.06 bits per heavy atom. The van der Waals surface area contributed by atoms with Gasteiger partial charge in [-0.1, -0.05) is 47.7 Å². The Balaban J connectivity index is 1.38. The van der Waals surface area contributed by atoms with E-state index in [2.05, 4.69) is 15.4 Å². The SMILES string of the molecule is CN(CCCc1cc(-c2ccccc2)n(C)n1)C(=O)c1cn(-c2ccccc2C(F)(F)F)nn1. The number of halogens is 3. The van der Waals surface area contributed by atoms with Crippen LogP contribution in [0.1, 0.15) is 28.2 Å². The third kappa shape index (κ3) is 5.00. The summed E-state index contributed by atoms with van der Waals surface area (Å²) in [7, 11) is 3.51. The number of aromatic nitrogens is 5. The molecular weight excluding hydrogens is 445 g/mol. The van der Waals surface area contributed by atoms with E-state index in [-0.39, 0.29) is 11.4 Å². The quantitative estimate of drug-likeness (QED) is 0.403. The van der Waals surface area contributed by atoms with Crippen molar-refractivity contribution >= 4 is 5.91 Å². The van der Waals surface area contributed by atoms with E-state index in [1.165, 1.54) is 29.3 Å². The van der Waals surface area contributed by atoms with Crippen LogP contribution in [0.5, 0.6) is 0 Å². The number of rotatable bonds is 7. The fraction of sp³-hybridized carbons (Fsp3) is 0.250. The van der Waals surface area contributed by atoms with E-state index in [0.717, 1.165) is 27.7 Å².